The molecule has 1 aromatic heterocycles. The van der Waals surface area contributed by atoms with E-state index in [1.807, 2.05) is 24.3 Å². The molecule has 2 atom stereocenters. The summed E-state index contributed by atoms with van der Waals surface area (Å²) in [7, 11) is 0. The molecule has 0 bridgehead atoms. The second-order valence-electron chi connectivity index (χ2n) is 11.1. The molecule has 4 amide bonds. The number of hydrogen-bond acceptors (Lipinski definition) is 8. The van der Waals surface area contributed by atoms with Gasteiger partial charge in [-0.25, -0.2) is 9.78 Å². The highest BCUT2D eigenvalue weighted by atomic mass is 16.6. The number of amides is 4. The van der Waals surface area contributed by atoms with Crippen molar-refractivity contribution < 1.29 is 33.4 Å². The molecule has 44 heavy (non-hydrogen) atoms. The van der Waals surface area contributed by atoms with Gasteiger partial charge in [-0.1, -0.05) is 60.7 Å². The number of carbonyl (C=O) groups is 5. The minimum atomic E-state index is -1.19. The van der Waals surface area contributed by atoms with Crippen LogP contribution in [0.25, 0.3) is 0 Å². The molecule has 234 valence electrons. The van der Waals surface area contributed by atoms with Crippen molar-refractivity contribution in [3.63, 3.8) is 0 Å². The van der Waals surface area contributed by atoms with Gasteiger partial charge in [0.25, 0.3) is 0 Å². The third-order valence-electron chi connectivity index (χ3n) is 6.17. The molecule has 0 radical (unpaired) electrons. The largest absolute Gasteiger partial charge is 0.460 e. The SMILES string of the molecule is CC(C)(C)OC(=O)CCCC(=O)NC(=O)[C@H](Cc1c[nH]cn1)NC(=O)[C@H](Cc1ccccc1)NC(=O)OCc1ccccc1. The van der Waals surface area contributed by atoms with Gasteiger partial charge in [0, 0.05) is 31.9 Å². The number of ether oxygens (including phenoxy) is 2. The van der Waals surface area contributed by atoms with Crippen LogP contribution in [0.4, 0.5) is 4.79 Å². The van der Waals surface area contributed by atoms with Crippen molar-refractivity contribution in [3.05, 3.63) is 90.0 Å². The van der Waals surface area contributed by atoms with Gasteiger partial charge in [0.2, 0.25) is 17.7 Å². The minimum absolute atomic E-state index is 0.00653. The Morgan fingerprint density at radius 2 is 1.45 bits per heavy atom. The molecular formula is C32H39N5O7. The van der Waals surface area contributed by atoms with Crippen LogP contribution >= 0.6 is 0 Å². The van der Waals surface area contributed by atoms with Crippen molar-refractivity contribution in [2.45, 2.75) is 77.2 Å². The number of aromatic amines is 1. The quantitative estimate of drug-likeness (QED) is 0.203. The standard InChI is InChI=1S/C32H39N5O7/c1-32(2,3)44-28(39)16-10-15-27(38)37-30(41)26(18-24-19-33-21-34-24)35-29(40)25(17-22-11-6-4-7-12-22)36-31(42)43-20-23-13-8-5-9-14-23/h4-9,11-14,19,21,25-26H,10,15-18,20H2,1-3H3,(H,33,34)(H,35,40)(H,36,42)(H,37,38,41)/t25-,26-/m0/s1. The molecular weight excluding hydrogens is 566 g/mol. The first-order valence-corrected chi connectivity index (χ1v) is 14.3. The van der Waals surface area contributed by atoms with Crippen LogP contribution in [0.5, 0.6) is 0 Å². The monoisotopic (exact) mass is 605 g/mol. The van der Waals surface area contributed by atoms with Gasteiger partial charge in [-0.3, -0.25) is 24.5 Å². The Morgan fingerprint density at radius 3 is 2.07 bits per heavy atom. The molecule has 0 spiro atoms. The lowest BCUT2D eigenvalue weighted by atomic mass is 10.0. The van der Waals surface area contributed by atoms with Crippen LogP contribution in [0.15, 0.2) is 73.2 Å². The van der Waals surface area contributed by atoms with E-state index in [0.29, 0.717) is 5.69 Å². The Hall–Kier alpha value is -5.00. The van der Waals surface area contributed by atoms with Gasteiger partial charge in [-0.05, 0) is 38.3 Å². The van der Waals surface area contributed by atoms with Gasteiger partial charge < -0.3 is 25.1 Å². The fourth-order valence-electron chi connectivity index (χ4n) is 4.13. The number of H-pyrrole nitrogens is 1. The number of hydrogen-bond donors (Lipinski definition) is 4. The summed E-state index contributed by atoms with van der Waals surface area (Å²) in [6.07, 6.45) is 2.37. The summed E-state index contributed by atoms with van der Waals surface area (Å²) in [4.78, 5) is 70.8. The highest BCUT2D eigenvalue weighted by Crippen LogP contribution is 2.10. The number of benzene rings is 2. The van der Waals surface area contributed by atoms with Gasteiger partial charge in [0.15, 0.2) is 0 Å². The fraction of sp³-hybridized carbons (Fsp3) is 0.375. The predicted octanol–water partition coefficient (Wildman–Crippen LogP) is 3.13. The first kappa shape index (κ1) is 33.5. The van der Waals surface area contributed by atoms with Crippen molar-refractivity contribution >= 4 is 29.8 Å². The molecule has 12 nitrogen and oxygen atoms in total. The first-order valence-electron chi connectivity index (χ1n) is 14.3. The Labute approximate surface area is 256 Å². The van der Waals surface area contributed by atoms with Crippen LogP contribution in [0.1, 0.15) is 56.9 Å². The number of nitrogens with one attached hydrogen (secondary N) is 4. The van der Waals surface area contributed by atoms with Crippen LogP contribution in [-0.2, 0) is 48.1 Å². The number of esters is 1. The molecule has 3 aromatic rings. The van der Waals surface area contributed by atoms with E-state index in [1.54, 1.807) is 63.4 Å². The molecule has 0 saturated heterocycles. The van der Waals surface area contributed by atoms with E-state index in [9.17, 15) is 24.0 Å². The second-order valence-corrected chi connectivity index (χ2v) is 11.1. The van der Waals surface area contributed by atoms with Crippen LogP contribution in [0.2, 0.25) is 0 Å². The molecule has 1 heterocycles. The van der Waals surface area contributed by atoms with Crippen LogP contribution in [-0.4, -0.2) is 57.4 Å². The lowest BCUT2D eigenvalue weighted by molar-refractivity contribution is -0.154. The lowest BCUT2D eigenvalue weighted by Crippen LogP contribution is -2.55. The number of aromatic nitrogens is 2. The summed E-state index contributed by atoms with van der Waals surface area (Å²) in [6, 6.07) is 15.9. The van der Waals surface area contributed by atoms with Crippen LogP contribution < -0.4 is 16.0 Å². The van der Waals surface area contributed by atoms with Crippen LogP contribution in [0.3, 0.4) is 0 Å². The zero-order chi connectivity index (χ0) is 32.0. The number of alkyl carbamates (subject to hydrolysis) is 1. The predicted molar refractivity (Wildman–Crippen MR) is 161 cm³/mol. The lowest BCUT2D eigenvalue weighted by Gasteiger charge is -2.23. The molecule has 0 aliphatic carbocycles. The van der Waals surface area contributed by atoms with Crippen molar-refractivity contribution in [1.29, 1.82) is 0 Å². The van der Waals surface area contributed by atoms with Crippen molar-refractivity contribution in [1.82, 2.24) is 25.9 Å². The van der Waals surface area contributed by atoms with Gasteiger partial charge in [0.1, 0.15) is 24.3 Å². The number of carbonyl (C=O) groups excluding carboxylic acids is 5. The Balaban J connectivity index is 1.65. The molecule has 0 aliphatic rings. The van der Waals surface area contributed by atoms with E-state index in [1.165, 1.54) is 6.33 Å². The second kappa shape index (κ2) is 16.6. The maximum Gasteiger partial charge on any atom is 0.408 e. The average Bonchev–Trinajstić information content (AvgIpc) is 3.49. The highest BCUT2D eigenvalue weighted by Gasteiger charge is 2.29. The topological polar surface area (TPSA) is 169 Å². The Bertz CT molecular complexity index is 1370. The first-order chi connectivity index (χ1) is 21.0. The molecule has 0 aliphatic heterocycles. The minimum Gasteiger partial charge on any atom is -0.460 e. The zero-order valence-corrected chi connectivity index (χ0v) is 25.1. The van der Waals surface area contributed by atoms with Gasteiger partial charge in [-0.15, -0.1) is 0 Å². The van der Waals surface area contributed by atoms with E-state index in [0.717, 1.165) is 11.1 Å². The van der Waals surface area contributed by atoms with E-state index in [2.05, 4.69) is 25.9 Å². The van der Waals surface area contributed by atoms with Crippen LogP contribution in [0, 0.1) is 0 Å². The van der Waals surface area contributed by atoms with Crippen molar-refractivity contribution in [2.24, 2.45) is 0 Å². The summed E-state index contributed by atoms with van der Waals surface area (Å²) in [5, 5.41) is 7.55. The fourth-order valence-corrected chi connectivity index (χ4v) is 4.13. The third kappa shape index (κ3) is 12.5. The Kier molecular flexibility index (Phi) is 12.6. The number of imidazole rings is 1. The number of nitrogens with zero attached hydrogens (tertiary/aromatic N) is 1. The van der Waals surface area contributed by atoms with Gasteiger partial charge >= 0.3 is 12.1 Å². The Morgan fingerprint density at radius 1 is 0.818 bits per heavy atom. The summed E-state index contributed by atoms with van der Waals surface area (Å²) < 4.78 is 10.6. The smallest absolute Gasteiger partial charge is 0.408 e. The maximum absolute atomic E-state index is 13.5. The number of rotatable bonds is 14. The average molecular weight is 606 g/mol. The maximum atomic E-state index is 13.5. The third-order valence-corrected chi connectivity index (χ3v) is 6.17. The highest BCUT2D eigenvalue weighted by molar-refractivity contribution is 6.00. The van der Waals surface area contributed by atoms with E-state index in [-0.39, 0.29) is 38.7 Å². The molecule has 4 N–H and O–H groups in total. The molecule has 0 fully saturated rings. The van der Waals surface area contributed by atoms with Gasteiger partial charge in [0.05, 0.1) is 12.0 Å². The van der Waals surface area contributed by atoms with Crippen molar-refractivity contribution in [2.75, 3.05) is 0 Å². The summed E-state index contributed by atoms with van der Waals surface area (Å²) in [5.74, 6) is -2.46. The van der Waals surface area contributed by atoms with E-state index in [4.69, 9.17) is 9.47 Å². The zero-order valence-electron chi connectivity index (χ0n) is 25.1. The molecule has 2 aromatic carbocycles. The normalized spacial score (nSPS) is 12.3. The number of imide groups is 1. The molecule has 3 rings (SSSR count). The van der Waals surface area contributed by atoms with E-state index < -0.39 is 47.5 Å². The summed E-state index contributed by atoms with van der Waals surface area (Å²) >= 11 is 0. The summed E-state index contributed by atoms with van der Waals surface area (Å²) in [6.45, 7) is 5.25. The summed E-state index contributed by atoms with van der Waals surface area (Å²) in [5.41, 5.74) is 1.37. The molecule has 12 heteroatoms. The molecule has 0 unspecified atom stereocenters. The van der Waals surface area contributed by atoms with Gasteiger partial charge in [-0.2, -0.15) is 0 Å². The van der Waals surface area contributed by atoms with Crippen molar-refractivity contribution in [3.8, 4) is 0 Å². The molecule has 0 saturated carbocycles. The van der Waals surface area contributed by atoms with E-state index >= 15 is 0 Å².